The first-order valence-corrected chi connectivity index (χ1v) is 12.7. The minimum Gasteiger partial charge on any atom is -0.490 e. The zero-order valence-corrected chi connectivity index (χ0v) is 21.1. The number of benzene rings is 3. The van der Waals surface area contributed by atoms with E-state index in [9.17, 15) is 20.4 Å². The molecule has 2 heterocycles. The lowest BCUT2D eigenvalue weighted by Gasteiger charge is -2.40. The topological polar surface area (TPSA) is 109 Å². The monoisotopic (exact) mass is 506 g/mol. The first-order chi connectivity index (χ1) is 17.8. The predicted octanol–water partition coefficient (Wildman–Crippen LogP) is 2.79. The summed E-state index contributed by atoms with van der Waals surface area (Å²) in [6, 6.07) is 20.0. The zero-order chi connectivity index (χ0) is 26.1. The van der Waals surface area contributed by atoms with Crippen LogP contribution in [0.15, 0.2) is 60.7 Å². The van der Waals surface area contributed by atoms with Gasteiger partial charge in [0.05, 0.1) is 6.61 Å². The second kappa shape index (κ2) is 10.8. The van der Waals surface area contributed by atoms with Gasteiger partial charge in [-0.2, -0.15) is 0 Å². The summed E-state index contributed by atoms with van der Waals surface area (Å²) in [5.74, 6) is 1.72. The van der Waals surface area contributed by atoms with Crippen molar-refractivity contribution in [2.45, 2.75) is 63.3 Å². The van der Waals surface area contributed by atoms with Gasteiger partial charge in [-0.05, 0) is 66.3 Å². The molecule has 7 nitrogen and oxygen atoms in total. The van der Waals surface area contributed by atoms with Gasteiger partial charge >= 0.3 is 0 Å². The predicted molar refractivity (Wildman–Crippen MR) is 138 cm³/mol. The summed E-state index contributed by atoms with van der Waals surface area (Å²) in [7, 11) is 0. The number of fused-ring (bicyclic) bond motifs is 1. The molecule has 0 spiro atoms. The molecule has 4 N–H and O–H groups in total. The van der Waals surface area contributed by atoms with Crippen molar-refractivity contribution in [2.24, 2.45) is 0 Å². The van der Waals surface area contributed by atoms with E-state index in [4.69, 9.17) is 14.2 Å². The molecule has 0 amide bonds. The SMILES string of the molecule is Cc1ccc2c(c1)CC(COc1ccc(Cc3cc([C@@H]4O[C@H](CO)[C@@H](O)[C@H](O)[C@H]4O)ccc3C)cc1)O2. The first kappa shape index (κ1) is 25.7. The molecule has 7 heteroatoms. The number of aryl methyl sites for hydroxylation is 2. The molecular weight excluding hydrogens is 472 g/mol. The quantitative estimate of drug-likeness (QED) is 0.390. The van der Waals surface area contributed by atoms with Crippen molar-refractivity contribution in [1.82, 2.24) is 0 Å². The Bertz CT molecular complexity index is 1220. The Hall–Kier alpha value is -2.94. The molecule has 0 radical (unpaired) electrons. The molecule has 1 unspecified atom stereocenters. The van der Waals surface area contributed by atoms with Crippen molar-refractivity contribution in [1.29, 1.82) is 0 Å². The first-order valence-electron chi connectivity index (χ1n) is 12.7. The second-order valence-corrected chi connectivity index (χ2v) is 10.1. The fourth-order valence-electron chi connectivity index (χ4n) is 5.09. The Balaban J connectivity index is 1.22. The summed E-state index contributed by atoms with van der Waals surface area (Å²) < 4.78 is 17.7. The highest BCUT2D eigenvalue weighted by Gasteiger charge is 2.44. The van der Waals surface area contributed by atoms with Crippen molar-refractivity contribution in [3.05, 3.63) is 94.0 Å². The Labute approximate surface area is 216 Å². The van der Waals surface area contributed by atoms with Gasteiger partial charge in [-0.3, -0.25) is 0 Å². The lowest BCUT2D eigenvalue weighted by molar-refractivity contribution is -0.231. The minimum atomic E-state index is -1.40. The fourth-order valence-corrected chi connectivity index (χ4v) is 5.09. The van der Waals surface area contributed by atoms with Crippen LogP contribution < -0.4 is 9.47 Å². The van der Waals surface area contributed by atoms with Gasteiger partial charge in [-0.1, -0.05) is 48.0 Å². The molecule has 37 heavy (non-hydrogen) atoms. The standard InChI is InChI=1S/C30H34O7/c1-17-3-10-25-22(11-17)14-24(36-25)16-35-23-8-5-19(6-9-23)12-21-13-20(7-4-18(21)2)30-29(34)28(33)27(32)26(15-31)37-30/h3-11,13,24,26-34H,12,14-16H2,1-2H3/t24?,26-,27-,28+,29-,30+/m1/s1. The molecule has 0 saturated carbocycles. The van der Waals surface area contributed by atoms with Crippen LogP contribution in [0.1, 0.15) is 39.5 Å². The molecule has 6 atom stereocenters. The molecule has 0 aromatic heterocycles. The van der Waals surface area contributed by atoms with Crippen molar-refractivity contribution in [3.8, 4) is 11.5 Å². The van der Waals surface area contributed by atoms with Crippen LogP contribution in [-0.4, -0.2) is 64.2 Å². The number of aliphatic hydroxyl groups excluding tert-OH is 4. The fraction of sp³-hybridized carbons (Fsp3) is 0.400. The Kier molecular flexibility index (Phi) is 7.51. The van der Waals surface area contributed by atoms with Crippen LogP contribution in [-0.2, 0) is 17.6 Å². The van der Waals surface area contributed by atoms with Crippen LogP contribution >= 0.6 is 0 Å². The molecule has 0 aliphatic carbocycles. The number of aliphatic hydroxyl groups is 4. The smallest absolute Gasteiger partial charge is 0.137 e. The van der Waals surface area contributed by atoms with Crippen LogP contribution in [0.3, 0.4) is 0 Å². The highest BCUT2D eigenvalue weighted by Crippen LogP contribution is 2.34. The van der Waals surface area contributed by atoms with Crippen LogP contribution in [0.5, 0.6) is 11.5 Å². The summed E-state index contributed by atoms with van der Waals surface area (Å²) in [5.41, 5.74) is 6.38. The molecule has 1 fully saturated rings. The Morgan fingerprint density at radius 2 is 1.68 bits per heavy atom. The summed E-state index contributed by atoms with van der Waals surface area (Å²) in [5, 5.41) is 40.3. The van der Waals surface area contributed by atoms with E-state index in [2.05, 4.69) is 19.1 Å². The number of ether oxygens (including phenoxy) is 3. The summed E-state index contributed by atoms with van der Waals surface area (Å²) in [4.78, 5) is 0. The molecule has 196 valence electrons. The number of hydrogen-bond donors (Lipinski definition) is 4. The average molecular weight is 507 g/mol. The van der Waals surface area contributed by atoms with Crippen molar-refractivity contribution in [2.75, 3.05) is 13.2 Å². The highest BCUT2D eigenvalue weighted by atomic mass is 16.5. The van der Waals surface area contributed by atoms with Gasteiger partial charge in [0.2, 0.25) is 0 Å². The summed E-state index contributed by atoms with van der Waals surface area (Å²) in [6.45, 7) is 4.13. The van der Waals surface area contributed by atoms with E-state index in [1.165, 1.54) is 11.1 Å². The third-order valence-corrected chi connectivity index (χ3v) is 7.31. The number of hydrogen-bond acceptors (Lipinski definition) is 7. The maximum atomic E-state index is 10.5. The molecule has 1 saturated heterocycles. The maximum absolute atomic E-state index is 10.5. The molecule has 0 bridgehead atoms. The van der Waals surface area contributed by atoms with E-state index in [1.54, 1.807) is 0 Å². The molecular formula is C30H34O7. The van der Waals surface area contributed by atoms with E-state index >= 15 is 0 Å². The van der Waals surface area contributed by atoms with Crippen LogP contribution in [0.2, 0.25) is 0 Å². The third kappa shape index (κ3) is 5.51. The largest absolute Gasteiger partial charge is 0.490 e. The maximum Gasteiger partial charge on any atom is 0.137 e. The van der Waals surface area contributed by atoms with Gasteiger partial charge in [0.15, 0.2) is 0 Å². The molecule has 5 rings (SSSR count). The van der Waals surface area contributed by atoms with Crippen molar-refractivity contribution in [3.63, 3.8) is 0 Å². The minimum absolute atomic E-state index is 0.00397. The van der Waals surface area contributed by atoms with Gasteiger partial charge in [0, 0.05) is 6.42 Å². The van der Waals surface area contributed by atoms with E-state index in [0.717, 1.165) is 34.6 Å². The molecule has 2 aliphatic rings. The summed E-state index contributed by atoms with van der Waals surface area (Å²) in [6.07, 6.45) is -4.35. The molecule has 2 aliphatic heterocycles. The van der Waals surface area contributed by atoms with Gasteiger partial charge < -0.3 is 34.6 Å². The van der Waals surface area contributed by atoms with Crippen molar-refractivity contribution < 1.29 is 34.6 Å². The van der Waals surface area contributed by atoms with Crippen LogP contribution in [0.25, 0.3) is 0 Å². The number of rotatable bonds is 7. The van der Waals surface area contributed by atoms with Gasteiger partial charge in [0.25, 0.3) is 0 Å². The van der Waals surface area contributed by atoms with E-state index in [1.807, 2.05) is 55.5 Å². The van der Waals surface area contributed by atoms with E-state index in [-0.39, 0.29) is 6.10 Å². The third-order valence-electron chi connectivity index (χ3n) is 7.31. The van der Waals surface area contributed by atoms with E-state index < -0.39 is 37.1 Å². The molecule has 3 aromatic rings. The van der Waals surface area contributed by atoms with Gasteiger partial charge in [0.1, 0.15) is 54.7 Å². The average Bonchev–Trinajstić information content (AvgIpc) is 3.30. The lowest BCUT2D eigenvalue weighted by Crippen LogP contribution is -2.55. The zero-order valence-electron chi connectivity index (χ0n) is 21.1. The van der Waals surface area contributed by atoms with Crippen LogP contribution in [0, 0.1) is 13.8 Å². The van der Waals surface area contributed by atoms with Gasteiger partial charge in [-0.15, -0.1) is 0 Å². The normalized spacial score (nSPS) is 27.0. The Morgan fingerprint density at radius 1 is 0.892 bits per heavy atom. The second-order valence-electron chi connectivity index (χ2n) is 10.1. The highest BCUT2D eigenvalue weighted by molar-refractivity contribution is 5.41. The van der Waals surface area contributed by atoms with Crippen molar-refractivity contribution >= 4 is 0 Å². The van der Waals surface area contributed by atoms with E-state index in [0.29, 0.717) is 18.6 Å². The molecule has 3 aromatic carbocycles. The van der Waals surface area contributed by atoms with Crippen LogP contribution in [0.4, 0.5) is 0 Å². The lowest BCUT2D eigenvalue weighted by atomic mass is 9.89. The Morgan fingerprint density at radius 3 is 2.43 bits per heavy atom. The van der Waals surface area contributed by atoms with Gasteiger partial charge in [-0.25, -0.2) is 0 Å². The summed E-state index contributed by atoms with van der Waals surface area (Å²) >= 11 is 0.